The highest BCUT2D eigenvalue weighted by Crippen LogP contribution is 2.19. The first-order valence-electron chi connectivity index (χ1n) is 7.28. The van der Waals surface area contributed by atoms with E-state index >= 15 is 0 Å². The van der Waals surface area contributed by atoms with Crippen molar-refractivity contribution in [3.63, 3.8) is 0 Å². The van der Waals surface area contributed by atoms with E-state index in [4.69, 9.17) is 11.6 Å². The van der Waals surface area contributed by atoms with Crippen molar-refractivity contribution in [3.8, 4) is 0 Å². The number of aliphatic hydroxyl groups excluding tert-OH is 1. The SMILES string of the molecule is CC(C)N(Cc1ccccc1)C[C@H](O)c1ccc(Cl)cc1. The van der Waals surface area contributed by atoms with Crippen LogP contribution in [0.3, 0.4) is 0 Å². The number of aliphatic hydroxyl groups is 1. The first kappa shape index (κ1) is 16.0. The molecule has 0 bridgehead atoms. The van der Waals surface area contributed by atoms with Crippen LogP contribution in [0.5, 0.6) is 0 Å². The van der Waals surface area contributed by atoms with Crippen molar-refractivity contribution in [1.82, 2.24) is 4.90 Å². The predicted octanol–water partition coefficient (Wildman–Crippen LogP) is 4.28. The molecule has 2 aromatic carbocycles. The van der Waals surface area contributed by atoms with Gasteiger partial charge >= 0.3 is 0 Å². The Kier molecular flexibility index (Phi) is 5.80. The molecule has 0 aromatic heterocycles. The summed E-state index contributed by atoms with van der Waals surface area (Å²) in [5, 5.41) is 11.1. The molecule has 0 unspecified atom stereocenters. The van der Waals surface area contributed by atoms with E-state index < -0.39 is 6.10 Å². The Balaban J connectivity index is 2.04. The van der Waals surface area contributed by atoms with Gasteiger partial charge < -0.3 is 5.11 Å². The number of halogens is 1. The number of nitrogens with zero attached hydrogens (tertiary/aromatic N) is 1. The number of rotatable bonds is 6. The van der Waals surface area contributed by atoms with Gasteiger partial charge in [-0.2, -0.15) is 0 Å². The molecule has 3 heteroatoms. The number of hydrogen-bond acceptors (Lipinski definition) is 2. The van der Waals surface area contributed by atoms with E-state index in [1.165, 1.54) is 5.56 Å². The minimum Gasteiger partial charge on any atom is -0.387 e. The van der Waals surface area contributed by atoms with E-state index in [0.717, 1.165) is 12.1 Å². The summed E-state index contributed by atoms with van der Waals surface area (Å²) in [7, 11) is 0. The number of benzene rings is 2. The summed E-state index contributed by atoms with van der Waals surface area (Å²) in [4.78, 5) is 2.27. The molecule has 0 spiro atoms. The van der Waals surface area contributed by atoms with Gasteiger partial charge in [-0.3, -0.25) is 4.90 Å². The second kappa shape index (κ2) is 7.60. The fourth-order valence-corrected chi connectivity index (χ4v) is 2.41. The first-order valence-corrected chi connectivity index (χ1v) is 7.65. The van der Waals surface area contributed by atoms with Crippen LogP contribution in [0, 0.1) is 0 Å². The van der Waals surface area contributed by atoms with E-state index in [1.54, 1.807) is 0 Å². The molecule has 21 heavy (non-hydrogen) atoms. The third kappa shape index (κ3) is 4.85. The first-order chi connectivity index (χ1) is 10.1. The lowest BCUT2D eigenvalue weighted by atomic mass is 10.1. The Morgan fingerprint density at radius 1 is 1.00 bits per heavy atom. The molecule has 0 aliphatic carbocycles. The van der Waals surface area contributed by atoms with Gasteiger partial charge in [0, 0.05) is 24.2 Å². The van der Waals surface area contributed by atoms with Crippen molar-refractivity contribution in [2.75, 3.05) is 6.54 Å². The molecular formula is C18H22ClNO. The summed E-state index contributed by atoms with van der Waals surface area (Å²) in [6.07, 6.45) is -0.506. The zero-order valence-electron chi connectivity index (χ0n) is 12.5. The van der Waals surface area contributed by atoms with Crippen molar-refractivity contribution < 1.29 is 5.11 Å². The zero-order chi connectivity index (χ0) is 15.2. The summed E-state index contributed by atoms with van der Waals surface area (Å²) < 4.78 is 0. The van der Waals surface area contributed by atoms with Gasteiger partial charge in [0.2, 0.25) is 0 Å². The van der Waals surface area contributed by atoms with Crippen molar-refractivity contribution in [3.05, 3.63) is 70.7 Å². The maximum absolute atomic E-state index is 10.4. The minimum absolute atomic E-state index is 0.368. The third-order valence-corrected chi connectivity index (χ3v) is 3.87. The predicted molar refractivity (Wildman–Crippen MR) is 88.4 cm³/mol. The summed E-state index contributed by atoms with van der Waals surface area (Å²) in [6.45, 7) is 5.74. The Morgan fingerprint density at radius 2 is 1.62 bits per heavy atom. The van der Waals surface area contributed by atoms with Gasteiger partial charge in [0.25, 0.3) is 0 Å². The zero-order valence-corrected chi connectivity index (χ0v) is 13.3. The Hall–Kier alpha value is -1.35. The molecule has 0 saturated carbocycles. The lowest BCUT2D eigenvalue weighted by Gasteiger charge is -2.29. The Morgan fingerprint density at radius 3 is 2.19 bits per heavy atom. The Labute approximate surface area is 132 Å². The van der Waals surface area contributed by atoms with Crippen molar-refractivity contribution in [2.45, 2.75) is 32.5 Å². The van der Waals surface area contributed by atoms with Crippen LogP contribution in [-0.2, 0) is 6.54 Å². The van der Waals surface area contributed by atoms with Crippen LogP contribution < -0.4 is 0 Å². The molecule has 0 aliphatic rings. The highest BCUT2D eigenvalue weighted by molar-refractivity contribution is 6.30. The molecule has 1 N–H and O–H groups in total. The molecule has 1 atom stereocenters. The molecule has 2 rings (SSSR count). The van der Waals surface area contributed by atoms with Gasteiger partial charge in [0.1, 0.15) is 0 Å². The van der Waals surface area contributed by atoms with E-state index in [2.05, 4.69) is 30.9 Å². The van der Waals surface area contributed by atoms with E-state index in [9.17, 15) is 5.11 Å². The van der Waals surface area contributed by atoms with Gasteiger partial charge in [0.05, 0.1) is 6.10 Å². The van der Waals surface area contributed by atoms with E-state index in [-0.39, 0.29) is 0 Å². The molecule has 2 aromatic rings. The van der Waals surface area contributed by atoms with Crippen LogP contribution in [0.4, 0.5) is 0 Å². The van der Waals surface area contributed by atoms with Crippen LogP contribution >= 0.6 is 11.6 Å². The monoisotopic (exact) mass is 303 g/mol. The smallest absolute Gasteiger partial charge is 0.0917 e. The minimum atomic E-state index is -0.506. The maximum atomic E-state index is 10.4. The second-order valence-electron chi connectivity index (χ2n) is 5.58. The van der Waals surface area contributed by atoms with Crippen LogP contribution in [-0.4, -0.2) is 22.6 Å². The quantitative estimate of drug-likeness (QED) is 0.861. The van der Waals surface area contributed by atoms with Crippen molar-refractivity contribution in [2.24, 2.45) is 0 Å². The summed E-state index contributed by atoms with van der Waals surface area (Å²) in [5.41, 5.74) is 2.16. The van der Waals surface area contributed by atoms with Crippen molar-refractivity contribution >= 4 is 11.6 Å². The average molecular weight is 304 g/mol. The maximum Gasteiger partial charge on any atom is 0.0917 e. The largest absolute Gasteiger partial charge is 0.387 e. The van der Waals surface area contributed by atoms with E-state index in [1.807, 2.05) is 42.5 Å². The van der Waals surface area contributed by atoms with Crippen LogP contribution in [0.1, 0.15) is 31.1 Å². The van der Waals surface area contributed by atoms with E-state index in [0.29, 0.717) is 17.6 Å². The average Bonchev–Trinajstić information content (AvgIpc) is 2.48. The summed E-state index contributed by atoms with van der Waals surface area (Å²) in [5.74, 6) is 0. The molecule has 0 heterocycles. The molecule has 112 valence electrons. The molecule has 0 saturated heterocycles. The molecule has 0 amide bonds. The summed E-state index contributed by atoms with van der Waals surface area (Å²) in [6, 6.07) is 18.1. The fraction of sp³-hybridized carbons (Fsp3) is 0.333. The fourth-order valence-electron chi connectivity index (χ4n) is 2.29. The molecular weight excluding hydrogens is 282 g/mol. The highest BCUT2D eigenvalue weighted by atomic mass is 35.5. The van der Waals surface area contributed by atoms with Crippen LogP contribution in [0.15, 0.2) is 54.6 Å². The van der Waals surface area contributed by atoms with Crippen LogP contribution in [0.25, 0.3) is 0 Å². The molecule has 0 aliphatic heterocycles. The lowest BCUT2D eigenvalue weighted by molar-refractivity contribution is 0.0908. The van der Waals surface area contributed by atoms with Gasteiger partial charge in [-0.05, 0) is 37.1 Å². The molecule has 2 nitrogen and oxygen atoms in total. The van der Waals surface area contributed by atoms with Gasteiger partial charge in [-0.15, -0.1) is 0 Å². The molecule has 0 radical (unpaired) electrons. The number of hydrogen-bond donors (Lipinski definition) is 1. The standard InChI is InChI=1S/C18H22ClNO/c1-14(2)20(12-15-6-4-3-5-7-15)13-18(21)16-8-10-17(19)11-9-16/h3-11,14,18,21H,12-13H2,1-2H3/t18-/m0/s1. The van der Waals surface area contributed by atoms with Crippen molar-refractivity contribution in [1.29, 1.82) is 0 Å². The highest BCUT2D eigenvalue weighted by Gasteiger charge is 2.16. The van der Waals surface area contributed by atoms with Gasteiger partial charge in [0.15, 0.2) is 0 Å². The third-order valence-electron chi connectivity index (χ3n) is 3.62. The van der Waals surface area contributed by atoms with Gasteiger partial charge in [-0.1, -0.05) is 54.1 Å². The van der Waals surface area contributed by atoms with Crippen LogP contribution in [0.2, 0.25) is 5.02 Å². The molecule has 0 fully saturated rings. The lowest BCUT2D eigenvalue weighted by Crippen LogP contribution is -2.34. The van der Waals surface area contributed by atoms with Gasteiger partial charge in [-0.25, -0.2) is 0 Å². The topological polar surface area (TPSA) is 23.5 Å². The summed E-state index contributed by atoms with van der Waals surface area (Å²) >= 11 is 5.89. The normalized spacial score (nSPS) is 12.9. The Bertz CT molecular complexity index is 539. The second-order valence-corrected chi connectivity index (χ2v) is 6.01.